The van der Waals surface area contributed by atoms with E-state index in [9.17, 15) is 4.79 Å². The monoisotopic (exact) mass is 358 g/mol. The molecule has 1 amide bonds. The normalized spacial score (nSPS) is 10.3. The molecule has 2 aromatic rings. The van der Waals surface area contributed by atoms with E-state index in [0.29, 0.717) is 24.6 Å². The molecular formula is C20H26N2O4. The standard InChI is InChI=1S/C20H26N2O4/c1-24-17-7-5-4-6-16(17)10-11-22-20(23)14-21-13-15-8-9-18(25-2)19(12-15)26-3/h4-9,12,21H,10-11,13-14H2,1-3H3,(H,22,23). The van der Waals surface area contributed by atoms with Crippen LogP contribution in [0.4, 0.5) is 0 Å². The summed E-state index contributed by atoms with van der Waals surface area (Å²) in [6.07, 6.45) is 0.728. The van der Waals surface area contributed by atoms with Gasteiger partial charge in [0, 0.05) is 13.1 Å². The van der Waals surface area contributed by atoms with Crippen molar-refractivity contribution in [3.8, 4) is 17.2 Å². The van der Waals surface area contributed by atoms with Crippen molar-refractivity contribution >= 4 is 5.91 Å². The molecule has 6 heteroatoms. The molecule has 0 atom stereocenters. The van der Waals surface area contributed by atoms with Crippen molar-refractivity contribution in [2.75, 3.05) is 34.4 Å². The molecule has 0 heterocycles. The number of rotatable bonds is 10. The second-order valence-electron chi connectivity index (χ2n) is 5.70. The van der Waals surface area contributed by atoms with Crippen molar-refractivity contribution in [2.45, 2.75) is 13.0 Å². The molecule has 2 aromatic carbocycles. The summed E-state index contributed by atoms with van der Waals surface area (Å²) in [6.45, 7) is 1.39. The van der Waals surface area contributed by atoms with Crippen molar-refractivity contribution in [1.82, 2.24) is 10.6 Å². The first kappa shape index (κ1) is 19.6. The minimum Gasteiger partial charge on any atom is -0.496 e. The van der Waals surface area contributed by atoms with Gasteiger partial charge in [-0.15, -0.1) is 0 Å². The topological polar surface area (TPSA) is 68.8 Å². The highest BCUT2D eigenvalue weighted by molar-refractivity contribution is 5.78. The highest BCUT2D eigenvalue weighted by Gasteiger charge is 2.06. The summed E-state index contributed by atoms with van der Waals surface area (Å²) >= 11 is 0. The van der Waals surface area contributed by atoms with Gasteiger partial charge in [-0.2, -0.15) is 0 Å². The van der Waals surface area contributed by atoms with Crippen LogP contribution in [0.2, 0.25) is 0 Å². The molecule has 0 aliphatic heterocycles. The van der Waals surface area contributed by atoms with Crippen molar-refractivity contribution in [1.29, 1.82) is 0 Å². The third kappa shape index (κ3) is 5.67. The first-order valence-electron chi connectivity index (χ1n) is 8.48. The molecule has 6 nitrogen and oxygen atoms in total. The molecule has 2 rings (SSSR count). The zero-order chi connectivity index (χ0) is 18.8. The van der Waals surface area contributed by atoms with Crippen molar-refractivity contribution in [3.05, 3.63) is 53.6 Å². The summed E-state index contributed by atoms with van der Waals surface area (Å²) in [5.74, 6) is 2.16. The predicted molar refractivity (Wildman–Crippen MR) is 101 cm³/mol. The van der Waals surface area contributed by atoms with E-state index in [1.54, 1.807) is 21.3 Å². The summed E-state index contributed by atoms with van der Waals surface area (Å²) in [6, 6.07) is 13.5. The van der Waals surface area contributed by atoms with Gasteiger partial charge in [0.2, 0.25) is 5.91 Å². The number of nitrogens with one attached hydrogen (secondary N) is 2. The fourth-order valence-electron chi connectivity index (χ4n) is 2.62. The van der Waals surface area contributed by atoms with Crippen LogP contribution in [-0.2, 0) is 17.8 Å². The second-order valence-corrected chi connectivity index (χ2v) is 5.70. The highest BCUT2D eigenvalue weighted by Crippen LogP contribution is 2.27. The summed E-state index contributed by atoms with van der Waals surface area (Å²) in [5, 5.41) is 6.04. The van der Waals surface area contributed by atoms with E-state index >= 15 is 0 Å². The molecular weight excluding hydrogens is 332 g/mol. The Morgan fingerprint density at radius 2 is 1.65 bits per heavy atom. The molecule has 0 bridgehead atoms. The van der Waals surface area contributed by atoms with E-state index in [0.717, 1.165) is 23.3 Å². The Bertz CT molecular complexity index is 719. The number of methoxy groups -OCH3 is 3. The molecule has 26 heavy (non-hydrogen) atoms. The van der Waals surface area contributed by atoms with Crippen molar-refractivity contribution in [2.24, 2.45) is 0 Å². The summed E-state index contributed by atoms with van der Waals surface area (Å²) in [5.41, 5.74) is 2.10. The van der Waals surface area contributed by atoms with Crippen LogP contribution < -0.4 is 24.8 Å². The average Bonchev–Trinajstić information content (AvgIpc) is 2.68. The molecule has 0 aromatic heterocycles. The fraction of sp³-hybridized carbons (Fsp3) is 0.350. The van der Waals surface area contributed by atoms with Gasteiger partial charge in [-0.1, -0.05) is 24.3 Å². The zero-order valence-electron chi connectivity index (χ0n) is 15.5. The Kier molecular flexibility index (Phi) is 7.76. The van der Waals surface area contributed by atoms with E-state index in [2.05, 4.69) is 10.6 Å². The lowest BCUT2D eigenvalue weighted by molar-refractivity contribution is -0.120. The van der Waals surface area contributed by atoms with Crippen molar-refractivity contribution < 1.29 is 19.0 Å². The van der Waals surface area contributed by atoms with Gasteiger partial charge in [0.25, 0.3) is 0 Å². The lowest BCUT2D eigenvalue weighted by Crippen LogP contribution is -2.34. The SMILES string of the molecule is COc1ccccc1CCNC(=O)CNCc1ccc(OC)c(OC)c1. The zero-order valence-corrected chi connectivity index (χ0v) is 15.5. The number of hydrogen-bond acceptors (Lipinski definition) is 5. The van der Waals surface area contributed by atoms with Crippen LogP contribution in [0.15, 0.2) is 42.5 Å². The van der Waals surface area contributed by atoms with Crippen LogP contribution in [0.25, 0.3) is 0 Å². The fourth-order valence-corrected chi connectivity index (χ4v) is 2.62. The molecule has 2 N–H and O–H groups in total. The summed E-state index contributed by atoms with van der Waals surface area (Å²) in [4.78, 5) is 12.0. The molecule has 0 spiro atoms. The van der Waals surface area contributed by atoms with Crippen LogP contribution in [-0.4, -0.2) is 40.3 Å². The molecule has 0 saturated heterocycles. The number of amides is 1. The van der Waals surface area contributed by atoms with Crippen LogP contribution in [0.1, 0.15) is 11.1 Å². The minimum atomic E-state index is -0.0413. The van der Waals surface area contributed by atoms with Crippen LogP contribution in [0, 0.1) is 0 Å². The molecule has 0 fully saturated rings. The van der Waals surface area contributed by atoms with Crippen LogP contribution in [0.5, 0.6) is 17.2 Å². The Hall–Kier alpha value is -2.73. The quantitative estimate of drug-likeness (QED) is 0.681. The van der Waals surface area contributed by atoms with Gasteiger partial charge >= 0.3 is 0 Å². The third-order valence-electron chi connectivity index (χ3n) is 3.97. The van der Waals surface area contributed by atoms with Gasteiger partial charge in [0.1, 0.15) is 5.75 Å². The van der Waals surface area contributed by atoms with Gasteiger partial charge in [-0.05, 0) is 35.7 Å². The average molecular weight is 358 g/mol. The first-order chi connectivity index (χ1) is 12.7. The largest absolute Gasteiger partial charge is 0.496 e. The van der Waals surface area contributed by atoms with Gasteiger partial charge in [-0.25, -0.2) is 0 Å². The maximum absolute atomic E-state index is 12.0. The van der Waals surface area contributed by atoms with Gasteiger partial charge < -0.3 is 24.8 Å². The minimum absolute atomic E-state index is 0.0413. The molecule has 0 aliphatic carbocycles. The van der Waals surface area contributed by atoms with Gasteiger partial charge in [-0.3, -0.25) is 4.79 Å². The van der Waals surface area contributed by atoms with E-state index in [1.165, 1.54) is 0 Å². The molecule has 0 radical (unpaired) electrons. The number of carbonyl (C=O) groups is 1. The lowest BCUT2D eigenvalue weighted by Gasteiger charge is -2.11. The lowest BCUT2D eigenvalue weighted by atomic mass is 10.1. The molecule has 140 valence electrons. The maximum atomic E-state index is 12.0. The number of ether oxygens (including phenoxy) is 3. The smallest absolute Gasteiger partial charge is 0.233 e. The van der Waals surface area contributed by atoms with Gasteiger partial charge in [0.15, 0.2) is 11.5 Å². The Labute approximate surface area is 154 Å². The Morgan fingerprint density at radius 3 is 2.38 bits per heavy atom. The highest BCUT2D eigenvalue weighted by atomic mass is 16.5. The first-order valence-corrected chi connectivity index (χ1v) is 8.48. The second kappa shape index (κ2) is 10.3. The summed E-state index contributed by atoms with van der Waals surface area (Å²) < 4.78 is 15.8. The van der Waals surface area contributed by atoms with E-state index in [1.807, 2.05) is 42.5 Å². The van der Waals surface area contributed by atoms with E-state index in [-0.39, 0.29) is 12.5 Å². The number of benzene rings is 2. The maximum Gasteiger partial charge on any atom is 0.233 e. The number of hydrogen-bond donors (Lipinski definition) is 2. The molecule has 0 aliphatic rings. The van der Waals surface area contributed by atoms with Gasteiger partial charge in [0.05, 0.1) is 27.9 Å². The summed E-state index contributed by atoms with van der Waals surface area (Å²) in [7, 11) is 4.85. The molecule has 0 saturated carbocycles. The van der Waals surface area contributed by atoms with E-state index in [4.69, 9.17) is 14.2 Å². The van der Waals surface area contributed by atoms with Crippen molar-refractivity contribution in [3.63, 3.8) is 0 Å². The predicted octanol–water partition coefficient (Wildman–Crippen LogP) is 2.16. The molecule has 0 unspecified atom stereocenters. The van der Waals surface area contributed by atoms with Crippen LogP contribution >= 0.6 is 0 Å². The number of para-hydroxylation sites is 1. The van der Waals surface area contributed by atoms with Crippen LogP contribution in [0.3, 0.4) is 0 Å². The van der Waals surface area contributed by atoms with E-state index < -0.39 is 0 Å². The Morgan fingerprint density at radius 1 is 0.923 bits per heavy atom. The Balaban J connectivity index is 1.72. The number of carbonyl (C=O) groups excluding carboxylic acids is 1. The third-order valence-corrected chi connectivity index (χ3v) is 3.97.